The van der Waals surface area contributed by atoms with E-state index in [0.29, 0.717) is 6.42 Å². The predicted molar refractivity (Wildman–Crippen MR) is 94.2 cm³/mol. The van der Waals surface area contributed by atoms with Crippen molar-refractivity contribution in [2.24, 2.45) is 0 Å². The Bertz CT molecular complexity index is 748. The first kappa shape index (κ1) is 15.1. The fourth-order valence-electron chi connectivity index (χ4n) is 2.62. The molecular formula is C20H20N2O. The number of rotatable bonds is 6. The van der Waals surface area contributed by atoms with Gasteiger partial charge < -0.3 is 9.88 Å². The van der Waals surface area contributed by atoms with Crippen LogP contribution in [0.15, 0.2) is 79.1 Å². The zero-order chi connectivity index (χ0) is 15.9. The van der Waals surface area contributed by atoms with Crippen LogP contribution < -0.4 is 5.32 Å². The summed E-state index contributed by atoms with van der Waals surface area (Å²) in [5, 5.41) is 3.04. The molecule has 0 saturated carbocycles. The van der Waals surface area contributed by atoms with E-state index in [2.05, 4.69) is 22.0 Å². The molecular weight excluding hydrogens is 284 g/mol. The third kappa shape index (κ3) is 4.10. The van der Waals surface area contributed by atoms with Crippen molar-refractivity contribution in [3.63, 3.8) is 0 Å². The van der Waals surface area contributed by atoms with Gasteiger partial charge in [-0.3, -0.25) is 4.79 Å². The summed E-state index contributed by atoms with van der Waals surface area (Å²) in [5.41, 5.74) is 3.02. The van der Waals surface area contributed by atoms with Crippen LogP contribution >= 0.6 is 0 Å². The highest BCUT2D eigenvalue weighted by molar-refractivity contribution is 5.95. The van der Waals surface area contributed by atoms with Crippen LogP contribution in [0, 0.1) is 0 Å². The third-order valence-corrected chi connectivity index (χ3v) is 3.77. The molecule has 23 heavy (non-hydrogen) atoms. The van der Waals surface area contributed by atoms with E-state index in [1.54, 1.807) is 0 Å². The highest BCUT2D eigenvalue weighted by Gasteiger charge is 2.07. The van der Waals surface area contributed by atoms with E-state index in [1.807, 2.05) is 67.0 Å². The quantitative estimate of drug-likeness (QED) is 0.711. The molecule has 0 aliphatic heterocycles. The van der Waals surface area contributed by atoms with E-state index in [-0.39, 0.29) is 5.91 Å². The molecule has 1 heterocycles. The van der Waals surface area contributed by atoms with Crippen LogP contribution in [-0.2, 0) is 11.3 Å². The van der Waals surface area contributed by atoms with Crippen LogP contribution in [0.2, 0.25) is 0 Å². The Kier molecular flexibility index (Phi) is 4.89. The number of carbonyl (C=O) groups is 1. The lowest BCUT2D eigenvalue weighted by molar-refractivity contribution is -0.116. The van der Waals surface area contributed by atoms with Gasteiger partial charge in [0, 0.05) is 36.6 Å². The summed E-state index contributed by atoms with van der Waals surface area (Å²) in [4.78, 5) is 12.2. The first-order chi connectivity index (χ1) is 11.3. The van der Waals surface area contributed by atoms with Gasteiger partial charge in [0.25, 0.3) is 0 Å². The van der Waals surface area contributed by atoms with E-state index < -0.39 is 0 Å². The molecule has 3 nitrogen and oxygen atoms in total. The molecule has 0 unspecified atom stereocenters. The fraction of sp³-hybridized carbons (Fsp3) is 0.150. The minimum atomic E-state index is 0.0561. The van der Waals surface area contributed by atoms with Crippen molar-refractivity contribution in [2.75, 3.05) is 5.32 Å². The van der Waals surface area contributed by atoms with Crippen molar-refractivity contribution in [3.8, 4) is 11.1 Å². The number of para-hydroxylation sites is 1. The topological polar surface area (TPSA) is 34.0 Å². The molecule has 0 atom stereocenters. The van der Waals surface area contributed by atoms with Crippen molar-refractivity contribution < 1.29 is 4.79 Å². The van der Waals surface area contributed by atoms with Crippen LogP contribution in [-0.4, -0.2) is 10.5 Å². The van der Waals surface area contributed by atoms with Crippen LogP contribution in [0.3, 0.4) is 0 Å². The molecule has 3 aromatic rings. The zero-order valence-electron chi connectivity index (χ0n) is 13.0. The Morgan fingerprint density at radius 2 is 1.57 bits per heavy atom. The second-order valence-corrected chi connectivity index (χ2v) is 5.48. The monoisotopic (exact) mass is 304 g/mol. The Labute approximate surface area is 136 Å². The lowest BCUT2D eigenvalue weighted by Gasteiger charge is -2.11. The number of aryl methyl sites for hydroxylation is 1. The Hall–Kier alpha value is -2.81. The molecule has 0 radical (unpaired) electrons. The molecule has 3 heteroatoms. The van der Waals surface area contributed by atoms with Crippen molar-refractivity contribution in [2.45, 2.75) is 19.4 Å². The Morgan fingerprint density at radius 3 is 2.35 bits per heavy atom. The molecule has 0 saturated heterocycles. The average Bonchev–Trinajstić information content (AvgIpc) is 3.09. The number of benzene rings is 2. The maximum absolute atomic E-state index is 12.2. The van der Waals surface area contributed by atoms with E-state index in [0.717, 1.165) is 29.8 Å². The number of hydrogen-bond donors (Lipinski definition) is 1. The number of hydrogen-bond acceptors (Lipinski definition) is 1. The van der Waals surface area contributed by atoms with Gasteiger partial charge in [-0.25, -0.2) is 0 Å². The average molecular weight is 304 g/mol. The largest absolute Gasteiger partial charge is 0.354 e. The van der Waals surface area contributed by atoms with Gasteiger partial charge in [-0.1, -0.05) is 48.5 Å². The summed E-state index contributed by atoms with van der Waals surface area (Å²) in [6.45, 7) is 0.862. The summed E-state index contributed by atoms with van der Waals surface area (Å²) in [6, 6.07) is 22.0. The van der Waals surface area contributed by atoms with E-state index in [9.17, 15) is 4.79 Å². The smallest absolute Gasteiger partial charge is 0.224 e. The Morgan fingerprint density at radius 1 is 0.870 bits per heavy atom. The van der Waals surface area contributed by atoms with Crippen LogP contribution in [0.4, 0.5) is 5.69 Å². The lowest BCUT2D eigenvalue weighted by atomic mass is 10.0. The molecule has 3 rings (SSSR count). The molecule has 2 aromatic carbocycles. The number of nitrogens with zero attached hydrogens (tertiary/aromatic N) is 1. The van der Waals surface area contributed by atoms with E-state index >= 15 is 0 Å². The molecule has 1 amide bonds. The number of nitrogens with one attached hydrogen (secondary N) is 1. The minimum Gasteiger partial charge on any atom is -0.354 e. The maximum atomic E-state index is 12.2. The molecule has 0 spiro atoms. The molecule has 1 N–H and O–H groups in total. The normalized spacial score (nSPS) is 10.4. The van der Waals surface area contributed by atoms with Gasteiger partial charge >= 0.3 is 0 Å². The van der Waals surface area contributed by atoms with Crippen molar-refractivity contribution in [3.05, 3.63) is 79.1 Å². The summed E-state index contributed by atoms with van der Waals surface area (Å²) >= 11 is 0. The van der Waals surface area contributed by atoms with Gasteiger partial charge in [-0.2, -0.15) is 0 Å². The number of aromatic nitrogens is 1. The van der Waals surface area contributed by atoms with E-state index in [1.165, 1.54) is 0 Å². The van der Waals surface area contributed by atoms with E-state index in [4.69, 9.17) is 0 Å². The first-order valence-electron chi connectivity index (χ1n) is 7.88. The van der Waals surface area contributed by atoms with Gasteiger partial charge in [0.05, 0.1) is 0 Å². The van der Waals surface area contributed by atoms with Crippen molar-refractivity contribution in [1.82, 2.24) is 4.57 Å². The van der Waals surface area contributed by atoms with Crippen molar-refractivity contribution >= 4 is 11.6 Å². The summed E-state index contributed by atoms with van der Waals surface area (Å²) < 4.78 is 2.09. The minimum absolute atomic E-state index is 0.0561. The van der Waals surface area contributed by atoms with Gasteiger partial charge in [0.1, 0.15) is 0 Å². The lowest BCUT2D eigenvalue weighted by Crippen LogP contribution is -2.12. The van der Waals surface area contributed by atoms with Crippen molar-refractivity contribution in [1.29, 1.82) is 0 Å². The molecule has 1 aromatic heterocycles. The third-order valence-electron chi connectivity index (χ3n) is 3.77. The summed E-state index contributed by atoms with van der Waals surface area (Å²) in [7, 11) is 0. The molecule has 116 valence electrons. The fourth-order valence-corrected chi connectivity index (χ4v) is 2.62. The summed E-state index contributed by atoms with van der Waals surface area (Å²) in [6.07, 6.45) is 5.38. The van der Waals surface area contributed by atoms with Gasteiger partial charge in [0.2, 0.25) is 5.91 Å². The standard InChI is InChI=1S/C20H20N2O/c23-20(13-8-16-22-14-6-7-15-22)21-19-12-5-4-11-18(19)17-9-2-1-3-10-17/h1-7,9-12,14-15H,8,13,16H2,(H,21,23). The van der Waals surface area contributed by atoms with Gasteiger partial charge in [-0.15, -0.1) is 0 Å². The highest BCUT2D eigenvalue weighted by atomic mass is 16.1. The number of anilines is 1. The number of amides is 1. The van der Waals surface area contributed by atoms with Gasteiger partial charge in [0.15, 0.2) is 0 Å². The number of carbonyl (C=O) groups excluding carboxylic acids is 1. The zero-order valence-corrected chi connectivity index (χ0v) is 13.0. The molecule has 0 aliphatic rings. The Balaban J connectivity index is 1.62. The van der Waals surface area contributed by atoms with Crippen LogP contribution in [0.5, 0.6) is 0 Å². The van der Waals surface area contributed by atoms with Gasteiger partial charge in [-0.05, 0) is 30.2 Å². The second kappa shape index (κ2) is 7.45. The molecule has 0 fully saturated rings. The SMILES string of the molecule is O=C(CCCn1cccc1)Nc1ccccc1-c1ccccc1. The maximum Gasteiger partial charge on any atom is 0.224 e. The second-order valence-electron chi connectivity index (χ2n) is 5.48. The first-order valence-corrected chi connectivity index (χ1v) is 7.88. The molecule has 0 aliphatic carbocycles. The highest BCUT2D eigenvalue weighted by Crippen LogP contribution is 2.27. The predicted octanol–water partition coefficient (Wildman–Crippen LogP) is 4.57. The summed E-state index contributed by atoms with van der Waals surface area (Å²) in [5.74, 6) is 0.0561. The van der Waals surface area contributed by atoms with Crippen LogP contribution in [0.1, 0.15) is 12.8 Å². The molecule has 0 bridgehead atoms. The van der Waals surface area contributed by atoms with Crippen LogP contribution in [0.25, 0.3) is 11.1 Å².